The molecule has 100 valence electrons. The maximum Gasteiger partial charge on any atom is 0.327 e. The van der Waals surface area contributed by atoms with Gasteiger partial charge in [-0.2, -0.15) is 0 Å². The van der Waals surface area contributed by atoms with Crippen molar-refractivity contribution in [3.63, 3.8) is 0 Å². The van der Waals surface area contributed by atoms with E-state index in [1.165, 1.54) is 4.90 Å². The molecule has 0 spiro atoms. The number of hydrogen-bond donors (Lipinski definition) is 3. The molecule has 3 amide bonds. The summed E-state index contributed by atoms with van der Waals surface area (Å²) in [7, 11) is 3.29. The molecule has 18 heavy (non-hydrogen) atoms. The highest BCUT2D eigenvalue weighted by molar-refractivity contribution is 5.98. The van der Waals surface area contributed by atoms with Crippen LogP contribution in [0.4, 0.5) is 4.79 Å². The fourth-order valence-corrected chi connectivity index (χ4v) is 3.33. The van der Waals surface area contributed by atoms with E-state index in [9.17, 15) is 9.59 Å². The Bertz CT molecular complexity index is 401. The molecular weight excluding hydrogens is 234 g/mol. The highest BCUT2D eigenvalue weighted by Crippen LogP contribution is 2.29. The van der Waals surface area contributed by atoms with Crippen molar-refractivity contribution < 1.29 is 9.59 Å². The van der Waals surface area contributed by atoms with Crippen molar-refractivity contribution >= 4 is 11.9 Å². The fraction of sp³-hybridized carbons (Fsp3) is 0.818. The number of carbonyl (C=O) groups is 2. The van der Waals surface area contributed by atoms with Crippen molar-refractivity contribution in [2.75, 3.05) is 20.6 Å². The summed E-state index contributed by atoms with van der Waals surface area (Å²) in [6.45, 7) is 2.80. The topological polar surface area (TPSA) is 76.7 Å². The Kier molecular flexibility index (Phi) is 2.58. The number of fused-ring (bicyclic) bond motifs is 3. The molecule has 0 aliphatic carbocycles. The number of amides is 3. The lowest BCUT2D eigenvalue weighted by Gasteiger charge is -2.48. The van der Waals surface area contributed by atoms with Crippen LogP contribution in [0.2, 0.25) is 0 Å². The summed E-state index contributed by atoms with van der Waals surface area (Å²) < 4.78 is 0. The van der Waals surface area contributed by atoms with Crippen molar-refractivity contribution in [2.45, 2.75) is 31.3 Å². The summed E-state index contributed by atoms with van der Waals surface area (Å²) in [6.07, 6.45) is -0.0105. The number of urea groups is 1. The molecule has 0 aromatic carbocycles. The molecular formula is C11H19N5O2. The van der Waals surface area contributed by atoms with Gasteiger partial charge in [0.15, 0.2) is 0 Å². The molecule has 7 heteroatoms. The van der Waals surface area contributed by atoms with Crippen LogP contribution in [0.3, 0.4) is 0 Å². The van der Waals surface area contributed by atoms with Crippen molar-refractivity contribution in [2.24, 2.45) is 5.92 Å². The Morgan fingerprint density at radius 3 is 2.67 bits per heavy atom. The molecule has 0 aromatic heterocycles. The number of carbonyl (C=O) groups excluding carboxylic acids is 2. The average Bonchev–Trinajstić information content (AvgIpc) is 2.72. The first-order chi connectivity index (χ1) is 8.50. The maximum atomic E-state index is 12.3. The lowest BCUT2D eigenvalue weighted by atomic mass is 9.85. The third-order valence-electron chi connectivity index (χ3n) is 4.24. The van der Waals surface area contributed by atoms with Crippen LogP contribution in [0.25, 0.3) is 0 Å². The Labute approximate surface area is 106 Å². The number of nitrogens with one attached hydrogen (secondary N) is 3. The molecule has 5 unspecified atom stereocenters. The van der Waals surface area contributed by atoms with Crippen molar-refractivity contribution in [3.05, 3.63) is 0 Å². The van der Waals surface area contributed by atoms with Gasteiger partial charge in [-0.05, 0) is 6.92 Å². The Morgan fingerprint density at radius 2 is 1.94 bits per heavy atom. The lowest BCUT2D eigenvalue weighted by molar-refractivity contribution is -0.140. The molecule has 3 N–H and O–H groups in total. The monoisotopic (exact) mass is 253 g/mol. The van der Waals surface area contributed by atoms with Crippen LogP contribution in [0.5, 0.6) is 0 Å². The molecule has 0 bridgehead atoms. The normalized spacial score (nSPS) is 44.1. The van der Waals surface area contributed by atoms with Crippen molar-refractivity contribution in [1.29, 1.82) is 0 Å². The molecule has 5 atom stereocenters. The molecule has 0 saturated carbocycles. The molecule has 3 heterocycles. The molecule has 3 fully saturated rings. The zero-order chi connectivity index (χ0) is 13.0. The smallest absolute Gasteiger partial charge is 0.311 e. The Balaban J connectivity index is 1.92. The summed E-state index contributed by atoms with van der Waals surface area (Å²) in [6, 6.07) is 0.0724. The Morgan fingerprint density at radius 1 is 1.22 bits per heavy atom. The van der Waals surface area contributed by atoms with Gasteiger partial charge in [0.2, 0.25) is 5.91 Å². The van der Waals surface area contributed by atoms with Crippen LogP contribution >= 0.6 is 0 Å². The molecule has 3 aliphatic heterocycles. The minimum absolute atomic E-state index is 0.0803. The largest absolute Gasteiger partial charge is 0.327 e. The molecule has 0 aromatic rings. The van der Waals surface area contributed by atoms with E-state index >= 15 is 0 Å². The van der Waals surface area contributed by atoms with Gasteiger partial charge in [0.1, 0.15) is 0 Å². The summed E-state index contributed by atoms with van der Waals surface area (Å²) >= 11 is 0. The first kappa shape index (κ1) is 11.9. The highest BCUT2D eigenvalue weighted by atomic mass is 16.2. The van der Waals surface area contributed by atoms with Crippen LogP contribution in [0.15, 0.2) is 0 Å². The van der Waals surface area contributed by atoms with Crippen LogP contribution in [-0.2, 0) is 4.79 Å². The van der Waals surface area contributed by atoms with Gasteiger partial charge in [-0.25, -0.2) is 4.79 Å². The SMILES string of the molecule is CC1NC2CNC3C(C(=O)N(C)C(=O)N3C)C2N1. The first-order valence-corrected chi connectivity index (χ1v) is 6.30. The summed E-state index contributed by atoms with van der Waals surface area (Å²) in [5.74, 6) is -0.331. The van der Waals surface area contributed by atoms with E-state index in [1.54, 1.807) is 19.0 Å². The van der Waals surface area contributed by atoms with Crippen molar-refractivity contribution in [1.82, 2.24) is 25.8 Å². The van der Waals surface area contributed by atoms with Crippen LogP contribution in [0.1, 0.15) is 6.92 Å². The average molecular weight is 253 g/mol. The van der Waals surface area contributed by atoms with Gasteiger partial charge in [-0.1, -0.05) is 0 Å². The predicted molar refractivity (Wildman–Crippen MR) is 64.5 cm³/mol. The molecule has 3 rings (SSSR count). The van der Waals surface area contributed by atoms with Gasteiger partial charge < -0.3 is 4.90 Å². The van der Waals surface area contributed by atoms with Crippen LogP contribution < -0.4 is 16.0 Å². The number of nitrogens with zero attached hydrogens (tertiary/aromatic N) is 2. The third-order valence-corrected chi connectivity index (χ3v) is 4.24. The molecule has 3 saturated heterocycles. The van der Waals surface area contributed by atoms with E-state index < -0.39 is 0 Å². The highest BCUT2D eigenvalue weighted by Gasteiger charge is 2.53. The summed E-state index contributed by atoms with van der Waals surface area (Å²) in [4.78, 5) is 27.1. The summed E-state index contributed by atoms with van der Waals surface area (Å²) in [5, 5.41) is 10.1. The number of imide groups is 1. The van der Waals surface area contributed by atoms with Gasteiger partial charge in [0, 0.05) is 32.7 Å². The molecule has 7 nitrogen and oxygen atoms in total. The minimum Gasteiger partial charge on any atom is -0.311 e. The standard InChI is InChI=1S/C11H19N5O2/c1-5-13-6-4-12-9-7(8(6)14-5)10(17)16(3)11(18)15(9)2/h5-9,12-14H,4H2,1-3H3. The fourth-order valence-electron chi connectivity index (χ4n) is 3.33. The molecule has 3 aliphatic rings. The van der Waals surface area contributed by atoms with Crippen molar-refractivity contribution in [3.8, 4) is 0 Å². The second kappa shape index (κ2) is 3.91. The molecule has 0 radical (unpaired) electrons. The van der Waals surface area contributed by atoms with Gasteiger partial charge in [0.05, 0.1) is 18.2 Å². The van der Waals surface area contributed by atoms with E-state index in [1.807, 2.05) is 6.92 Å². The van der Waals surface area contributed by atoms with E-state index in [2.05, 4.69) is 16.0 Å². The minimum atomic E-state index is -0.244. The van der Waals surface area contributed by atoms with E-state index in [4.69, 9.17) is 0 Å². The number of piperidine rings is 1. The van der Waals surface area contributed by atoms with E-state index in [-0.39, 0.29) is 42.3 Å². The summed E-state index contributed by atoms with van der Waals surface area (Å²) in [5.41, 5.74) is 0. The maximum absolute atomic E-state index is 12.3. The van der Waals surface area contributed by atoms with E-state index in [0.29, 0.717) is 0 Å². The lowest BCUT2D eigenvalue weighted by Crippen LogP contribution is -2.72. The van der Waals surface area contributed by atoms with Gasteiger partial charge in [-0.15, -0.1) is 0 Å². The second-order valence-electron chi connectivity index (χ2n) is 5.36. The zero-order valence-corrected chi connectivity index (χ0v) is 10.8. The zero-order valence-electron chi connectivity index (χ0n) is 10.8. The van der Waals surface area contributed by atoms with Gasteiger partial charge in [0.25, 0.3) is 0 Å². The Hall–Kier alpha value is -1.18. The first-order valence-electron chi connectivity index (χ1n) is 6.30. The third kappa shape index (κ3) is 1.47. The van der Waals surface area contributed by atoms with E-state index in [0.717, 1.165) is 6.54 Å². The van der Waals surface area contributed by atoms with Gasteiger partial charge in [-0.3, -0.25) is 25.6 Å². The number of hydrogen-bond acceptors (Lipinski definition) is 5. The quantitative estimate of drug-likeness (QED) is 0.481. The number of rotatable bonds is 0. The van der Waals surface area contributed by atoms with Crippen LogP contribution in [-0.4, -0.2) is 66.8 Å². The second-order valence-corrected chi connectivity index (χ2v) is 5.36. The van der Waals surface area contributed by atoms with Crippen LogP contribution in [0, 0.1) is 5.92 Å². The van der Waals surface area contributed by atoms with Gasteiger partial charge >= 0.3 is 6.03 Å². The predicted octanol–water partition coefficient (Wildman–Crippen LogP) is -1.67.